The number of anilines is 1. The summed E-state index contributed by atoms with van der Waals surface area (Å²) in [5.74, 6) is 1.09. The highest BCUT2D eigenvalue weighted by Crippen LogP contribution is 2.28. The largest absolute Gasteiger partial charge is 0.497 e. The normalized spacial score (nSPS) is 10.1. The molecule has 0 saturated carbocycles. The molecule has 0 radical (unpaired) electrons. The minimum absolute atomic E-state index is 0.139. The molecule has 0 saturated heterocycles. The molecule has 0 bridgehead atoms. The number of ether oxygens (including phenoxy) is 3. The Bertz CT molecular complexity index is 410. The summed E-state index contributed by atoms with van der Waals surface area (Å²) in [5.41, 5.74) is 0.613. The van der Waals surface area contributed by atoms with Crippen LogP contribution in [0.4, 0.5) is 5.69 Å². The fraction of sp³-hybridized carbons (Fsp3) is 0.462. The second kappa shape index (κ2) is 8.34. The molecule has 0 aliphatic rings. The van der Waals surface area contributed by atoms with Crippen molar-refractivity contribution >= 4 is 11.6 Å². The fourth-order valence-corrected chi connectivity index (χ4v) is 1.47. The first kappa shape index (κ1) is 15.3. The molecular formula is C13H20N2O4. The van der Waals surface area contributed by atoms with Gasteiger partial charge in [-0.05, 0) is 12.1 Å². The molecule has 0 fully saturated rings. The predicted octanol–water partition coefficient (Wildman–Crippen LogP) is 0.878. The van der Waals surface area contributed by atoms with E-state index in [1.54, 1.807) is 39.5 Å². The van der Waals surface area contributed by atoms with Crippen molar-refractivity contribution in [1.29, 1.82) is 0 Å². The summed E-state index contributed by atoms with van der Waals surface area (Å²) >= 11 is 0. The Morgan fingerprint density at radius 3 is 2.63 bits per heavy atom. The minimum Gasteiger partial charge on any atom is -0.497 e. The summed E-state index contributed by atoms with van der Waals surface area (Å²) in [6, 6.07) is 5.22. The maximum Gasteiger partial charge on any atom is 0.238 e. The van der Waals surface area contributed by atoms with Crippen LogP contribution in [0, 0.1) is 0 Å². The molecule has 106 valence electrons. The van der Waals surface area contributed by atoms with Gasteiger partial charge in [0.25, 0.3) is 0 Å². The van der Waals surface area contributed by atoms with Gasteiger partial charge in [-0.2, -0.15) is 0 Å². The first-order chi connectivity index (χ1) is 9.21. The lowest BCUT2D eigenvalue weighted by Gasteiger charge is -2.11. The van der Waals surface area contributed by atoms with Crippen molar-refractivity contribution in [3.63, 3.8) is 0 Å². The summed E-state index contributed by atoms with van der Waals surface area (Å²) in [6.07, 6.45) is 0. The molecule has 6 nitrogen and oxygen atoms in total. The molecule has 0 heterocycles. The second-order valence-corrected chi connectivity index (χ2v) is 3.78. The Balaban J connectivity index is 2.53. The van der Waals surface area contributed by atoms with Crippen molar-refractivity contribution < 1.29 is 19.0 Å². The molecule has 0 atom stereocenters. The number of methoxy groups -OCH3 is 3. The fourth-order valence-electron chi connectivity index (χ4n) is 1.47. The molecule has 19 heavy (non-hydrogen) atoms. The van der Waals surface area contributed by atoms with Crippen LogP contribution in [0.1, 0.15) is 0 Å². The van der Waals surface area contributed by atoms with Crippen molar-refractivity contribution in [1.82, 2.24) is 5.32 Å². The number of amides is 1. The Hall–Kier alpha value is -1.79. The molecule has 0 aliphatic carbocycles. The number of hydrogen-bond donors (Lipinski definition) is 2. The maximum atomic E-state index is 11.7. The van der Waals surface area contributed by atoms with Gasteiger partial charge in [-0.1, -0.05) is 0 Å². The van der Waals surface area contributed by atoms with Crippen LogP contribution in [0.25, 0.3) is 0 Å². The molecule has 1 rings (SSSR count). The van der Waals surface area contributed by atoms with Gasteiger partial charge in [-0.15, -0.1) is 0 Å². The van der Waals surface area contributed by atoms with Gasteiger partial charge in [0.05, 0.1) is 33.1 Å². The molecule has 6 heteroatoms. The number of benzene rings is 1. The topological polar surface area (TPSA) is 68.8 Å². The third-order valence-corrected chi connectivity index (χ3v) is 2.45. The standard InChI is InChI=1S/C13H20N2O4/c1-17-7-6-14-9-13(16)15-11-5-4-10(18-2)8-12(11)19-3/h4-5,8,14H,6-7,9H2,1-3H3,(H,15,16). The zero-order valence-corrected chi connectivity index (χ0v) is 11.5. The van der Waals surface area contributed by atoms with Crippen molar-refractivity contribution in [2.75, 3.05) is 46.3 Å². The third-order valence-electron chi connectivity index (χ3n) is 2.45. The van der Waals surface area contributed by atoms with Crippen LogP contribution in [-0.4, -0.2) is 46.9 Å². The number of hydrogen-bond acceptors (Lipinski definition) is 5. The zero-order valence-electron chi connectivity index (χ0n) is 11.5. The molecule has 0 unspecified atom stereocenters. The first-order valence-corrected chi connectivity index (χ1v) is 5.92. The highest BCUT2D eigenvalue weighted by atomic mass is 16.5. The van der Waals surface area contributed by atoms with Gasteiger partial charge in [-0.25, -0.2) is 0 Å². The van der Waals surface area contributed by atoms with Crippen molar-refractivity contribution in [2.24, 2.45) is 0 Å². The van der Waals surface area contributed by atoms with Gasteiger partial charge in [0, 0.05) is 19.7 Å². The molecule has 0 spiro atoms. The van der Waals surface area contributed by atoms with E-state index in [-0.39, 0.29) is 12.5 Å². The summed E-state index contributed by atoms with van der Waals surface area (Å²) in [4.78, 5) is 11.7. The number of carbonyl (C=O) groups excluding carboxylic acids is 1. The Kier molecular flexibility index (Phi) is 6.70. The van der Waals surface area contributed by atoms with Gasteiger partial charge in [-0.3, -0.25) is 4.79 Å². The van der Waals surface area contributed by atoms with Crippen LogP contribution in [0.15, 0.2) is 18.2 Å². The Morgan fingerprint density at radius 1 is 1.21 bits per heavy atom. The lowest BCUT2D eigenvalue weighted by Crippen LogP contribution is -2.30. The van der Waals surface area contributed by atoms with Crippen molar-refractivity contribution in [2.45, 2.75) is 0 Å². The molecule has 1 aromatic carbocycles. The SMILES string of the molecule is COCCNCC(=O)Nc1ccc(OC)cc1OC. The first-order valence-electron chi connectivity index (χ1n) is 5.92. The van der Waals surface area contributed by atoms with E-state index in [0.29, 0.717) is 30.3 Å². The van der Waals surface area contributed by atoms with E-state index < -0.39 is 0 Å². The molecule has 0 aromatic heterocycles. The van der Waals surface area contributed by atoms with Crippen molar-refractivity contribution in [3.05, 3.63) is 18.2 Å². The van der Waals surface area contributed by atoms with Crippen LogP contribution in [0.2, 0.25) is 0 Å². The van der Waals surface area contributed by atoms with E-state index in [9.17, 15) is 4.79 Å². The third kappa shape index (κ3) is 5.15. The predicted molar refractivity (Wildman–Crippen MR) is 72.9 cm³/mol. The number of rotatable bonds is 8. The number of carbonyl (C=O) groups is 1. The minimum atomic E-state index is -0.139. The van der Waals surface area contributed by atoms with Crippen LogP contribution in [-0.2, 0) is 9.53 Å². The summed E-state index contributed by atoms with van der Waals surface area (Å²) in [5, 5.41) is 5.73. The monoisotopic (exact) mass is 268 g/mol. The van der Waals surface area contributed by atoms with Gasteiger partial charge in [0.15, 0.2) is 0 Å². The van der Waals surface area contributed by atoms with E-state index in [1.165, 1.54) is 0 Å². The van der Waals surface area contributed by atoms with Crippen LogP contribution < -0.4 is 20.1 Å². The smallest absolute Gasteiger partial charge is 0.238 e. The van der Waals surface area contributed by atoms with Crippen LogP contribution in [0.3, 0.4) is 0 Å². The lowest BCUT2D eigenvalue weighted by molar-refractivity contribution is -0.115. The van der Waals surface area contributed by atoms with Gasteiger partial charge in [0.1, 0.15) is 11.5 Å². The van der Waals surface area contributed by atoms with Crippen molar-refractivity contribution in [3.8, 4) is 11.5 Å². The average molecular weight is 268 g/mol. The molecule has 1 amide bonds. The molecule has 2 N–H and O–H groups in total. The summed E-state index contributed by atoms with van der Waals surface area (Å²) < 4.78 is 15.2. The molecule has 0 aliphatic heterocycles. The quantitative estimate of drug-likeness (QED) is 0.685. The highest BCUT2D eigenvalue weighted by molar-refractivity contribution is 5.93. The van der Waals surface area contributed by atoms with E-state index in [2.05, 4.69) is 10.6 Å². The molecular weight excluding hydrogens is 248 g/mol. The highest BCUT2D eigenvalue weighted by Gasteiger charge is 2.08. The lowest BCUT2D eigenvalue weighted by atomic mass is 10.2. The van der Waals surface area contributed by atoms with E-state index >= 15 is 0 Å². The average Bonchev–Trinajstić information content (AvgIpc) is 2.44. The Labute approximate surface area is 113 Å². The van der Waals surface area contributed by atoms with Gasteiger partial charge < -0.3 is 24.8 Å². The van der Waals surface area contributed by atoms with E-state index in [4.69, 9.17) is 14.2 Å². The summed E-state index contributed by atoms with van der Waals surface area (Å²) in [6.45, 7) is 1.42. The second-order valence-electron chi connectivity index (χ2n) is 3.78. The van der Waals surface area contributed by atoms with Gasteiger partial charge in [0.2, 0.25) is 5.91 Å². The summed E-state index contributed by atoms with van der Waals surface area (Å²) in [7, 11) is 4.73. The molecule has 1 aromatic rings. The van der Waals surface area contributed by atoms with Crippen LogP contribution in [0.5, 0.6) is 11.5 Å². The Morgan fingerprint density at radius 2 is 2.00 bits per heavy atom. The zero-order chi connectivity index (χ0) is 14.1. The van der Waals surface area contributed by atoms with Gasteiger partial charge >= 0.3 is 0 Å². The van der Waals surface area contributed by atoms with Crippen LogP contribution >= 0.6 is 0 Å². The number of nitrogens with one attached hydrogen (secondary N) is 2. The maximum absolute atomic E-state index is 11.7. The van der Waals surface area contributed by atoms with E-state index in [1.807, 2.05) is 0 Å². The van der Waals surface area contributed by atoms with E-state index in [0.717, 1.165) is 0 Å².